The Morgan fingerprint density at radius 3 is 2.71 bits per heavy atom. The largest absolute Gasteiger partial charge is 0.462 e. The Morgan fingerprint density at radius 2 is 2.03 bits per heavy atom. The van der Waals surface area contributed by atoms with Crippen molar-refractivity contribution < 1.29 is 37.4 Å². The van der Waals surface area contributed by atoms with Gasteiger partial charge < -0.3 is 24.8 Å². The predicted octanol–water partition coefficient (Wildman–Crippen LogP) is 2.79. The van der Waals surface area contributed by atoms with E-state index in [9.17, 15) is 14.5 Å². The fraction of sp³-hybridized carbons (Fsp3) is 0.455. The van der Waals surface area contributed by atoms with Crippen molar-refractivity contribution in [3.05, 3.63) is 41.9 Å². The number of esters is 1. The number of ether oxygens (including phenoxy) is 2. The standard InChI is InChI=1S/C22H27ClFN6O7P/c1-11(2)35-21(32)12(3)29-38(33,37-13-7-5-4-6-8-13)34-9-14-17(31)15(24)20(36-14)30-10-26-16-18(25)27-22(23)28-19(16)30/h4-8,10-12,14-15,17,20,31H,9H2,1-3H3,(H,29,33)(H2,25,27,28)/t12-,14-,15+,17-,20+,38?/m1/s1. The molecule has 16 heteroatoms. The molecular weight excluding hydrogens is 546 g/mol. The maximum absolute atomic E-state index is 15.2. The van der Waals surface area contributed by atoms with Gasteiger partial charge in [0, 0.05) is 0 Å². The van der Waals surface area contributed by atoms with Crippen LogP contribution >= 0.6 is 19.3 Å². The number of alkyl halides is 1. The number of hydrogen-bond acceptors (Lipinski definition) is 11. The van der Waals surface area contributed by atoms with Gasteiger partial charge in [-0.1, -0.05) is 18.2 Å². The predicted molar refractivity (Wildman–Crippen MR) is 134 cm³/mol. The summed E-state index contributed by atoms with van der Waals surface area (Å²) in [6.45, 7) is 4.20. The Kier molecular flexibility index (Phi) is 8.50. The van der Waals surface area contributed by atoms with Crippen molar-refractivity contribution in [2.45, 2.75) is 57.5 Å². The molecule has 1 aliphatic rings. The van der Waals surface area contributed by atoms with Gasteiger partial charge in [0.25, 0.3) is 0 Å². The molecule has 4 N–H and O–H groups in total. The van der Waals surface area contributed by atoms with Crippen LogP contribution in [0.5, 0.6) is 5.75 Å². The van der Waals surface area contributed by atoms with Crippen LogP contribution in [-0.4, -0.2) is 67.7 Å². The van der Waals surface area contributed by atoms with Crippen LogP contribution in [0.15, 0.2) is 36.7 Å². The number of carbonyl (C=O) groups is 1. The molecule has 1 saturated heterocycles. The molecule has 38 heavy (non-hydrogen) atoms. The molecule has 0 aliphatic carbocycles. The molecule has 4 rings (SSSR count). The second-order valence-electron chi connectivity index (χ2n) is 8.74. The molecule has 0 radical (unpaired) electrons. The van der Waals surface area contributed by atoms with Gasteiger partial charge in [-0.3, -0.25) is 13.9 Å². The van der Waals surface area contributed by atoms with E-state index in [4.69, 9.17) is 35.9 Å². The summed E-state index contributed by atoms with van der Waals surface area (Å²) in [5.41, 5.74) is 6.08. The van der Waals surface area contributed by atoms with Gasteiger partial charge >= 0.3 is 13.7 Å². The van der Waals surface area contributed by atoms with Crippen LogP contribution in [0.4, 0.5) is 10.2 Å². The summed E-state index contributed by atoms with van der Waals surface area (Å²) in [6, 6.07) is 7.00. The molecule has 206 valence electrons. The second-order valence-corrected chi connectivity index (χ2v) is 10.8. The number of benzene rings is 1. The quantitative estimate of drug-likeness (QED) is 0.184. The summed E-state index contributed by atoms with van der Waals surface area (Å²) < 4.78 is 51.9. The van der Waals surface area contributed by atoms with Gasteiger partial charge in [-0.15, -0.1) is 0 Å². The minimum Gasteiger partial charge on any atom is -0.462 e. The number of carbonyl (C=O) groups excluding carboxylic acids is 1. The van der Waals surface area contributed by atoms with Crippen molar-refractivity contribution in [2.75, 3.05) is 12.3 Å². The van der Waals surface area contributed by atoms with Crippen molar-refractivity contribution in [3.63, 3.8) is 0 Å². The Morgan fingerprint density at radius 1 is 1.32 bits per heavy atom. The van der Waals surface area contributed by atoms with Crippen molar-refractivity contribution in [1.29, 1.82) is 0 Å². The van der Waals surface area contributed by atoms with E-state index in [0.717, 1.165) is 0 Å². The number of nitrogens with two attached hydrogens (primary N) is 1. The van der Waals surface area contributed by atoms with Crippen LogP contribution in [0.3, 0.4) is 0 Å². The molecule has 1 fully saturated rings. The van der Waals surface area contributed by atoms with Crippen molar-refractivity contribution in [3.8, 4) is 5.75 Å². The minimum absolute atomic E-state index is 0.0113. The monoisotopic (exact) mass is 572 g/mol. The number of aromatic nitrogens is 4. The Bertz CT molecular complexity index is 1330. The molecule has 3 heterocycles. The lowest BCUT2D eigenvalue weighted by Gasteiger charge is -2.25. The maximum atomic E-state index is 15.2. The number of para-hydroxylation sites is 1. The summed E-state index contributed by atoms with van der Waals surface area (Å²) in [5.74, 6) is -0.517. The molecule has 2 aromatic heterocycles. The number of nitrogens with zero attached hydrogens (tertiary/aromatic N) is 4. The minimum atomic E-state index is -4.26. The molecule has 3 aromatic rings. The van der Waals surface area contributed by atoms with E-state index in [-0.39, 0.29) is 28.0 Å². The SMILES string of the molecule is CC(C)OC(=O)[C@@H](C)NP(=O)(OC[C@H]1O[C@H](n2cnc3c(N)nc(Cl)nc32)[C@@H](F)[C@@H]1O)Oc1ccccc1. The fourth-order valence-corrected chi connectivity index (χ4v) is 5.34. The Balaban J connectivity index is 1.51. The average Bonchev–Trinajstić information content (AvgIpc) is 3.39. The van der Waals surface area contributed by atoms with E-state index in [1.54, 1.807) is 32.0 Å². The highest BCUT2D eigenvalue weighted by Gasteiger charge is 2.47. The molecule has 0 saturated carbocycles. The van der Waals surface area contributed by atoms with Gasteiger partial charge in [-0.25, -0.2) is 13.9 Å². The lowest BCUT2D eigenvalue weighted by molar-refractivity contribution is -0.149. The average molecular weight is 573 g/mol. The van der Waals surface area contributed by atoms with E-state index >= 15 is 4.39 Å². The topological polar surface area (TPSA) is 173 Å². The van der Waals surface area contributed by atoms with Gasteiger partial charge in [0.2, 0.25) is 5.28 Å². The molecule has 0 amide bonds. The highest BCUT2D eigenvalue weighted by Crippen LogP contribution is 2.46. The zero-order chi connectivity index (χ0) is 27.6. The number of halogens is 2. The summed E-state index contributed by atoms with van der Waals surface area (Å²) in [7, 11) is -4.26. The number of rotatable bonds is 10. The maximum Gasteiger partial charge on any atom is 0.459 e. The van der Waals surface area contributed by atoms with Gasteiger partial charge in [-0.05, 0) is 44.5 Å². The zero-order valence-corrected chi connectivity index (χ0v) is 22.3. The zero-order valence-electron chi connectivity index (χ0n) is 20.6. The Labute approximate surface area is 222 Å². The first-order valence-electron chi connectivity index (χ1n) is 11.6. The number of nitrogen functional groups attached to an aromatic ring is 1. The molecule has 1 unspecified atom stereocenters. The first-order valence-corrected chi connectivity index (χ1v) is 13.5. The van der Waals surface area contributed by atoms with Crippen molar-refractivity contribution in [1.82, 2.24) is 24.6 Å². The van der Waals surface area contributed by atoms with Gasteiger partial charge in [-0.2, -0.15) is 15.1 Å². The third-order valence-corrected chi connectivity index (χ3v) is 7.24. The molecule has 13 nitrogen and oxygen atoms in total. The molecule has 6 atom stereocenters. The highest BCUT2D eigenvalue weighted by atomic mass is 35.5. The second kappa shape index (κ2) is 11.5. The molecule has 0 bridgehead atoms. The first kappa shape index (κ1) is 28.1. The van der Waals surface area contributed by atoms with E-state index in [0.29, 0.717) is 0 Å². The highest BCUT2D eigenvalue weighted by molar-refractivity contribution is 7.52. The normalized spacial score (nSPS) is 23.9. The molecule has 1 aliphatic heterocycles. The number of aliphatic hydroxyl groups excluding tert-OH is 1. The summed E-state index contributed by atoms with van der Waals surface area (Å²) in [5, 5.41) is 12.9. The summed E-state index contributed by atoms with van der Waals surface area (Å²) in [6.07, 6.45) is -5.46. The van der Waals surface area contributed by atoms with Gasteiger partial charge in [0.15, 0.2) is 23.9 Å². The van der Waals surface area contributed by atoms with Crippen LogP contribution in [0.2, 0.25) is 5.28 Å². The lowest BCUT2D eigenvalue weighted by atomic mass is 10.1. The number of fused-ring (bicyclic) bond motifs is 1. The summed E-state index contributed by atoms with van der Waals surface area (Å²) in [4.78, 5) is 24.2. The van der Waals surface area contributed by atoms with E-state index < -0.39 is 57.1 Å². The molecule has 1 aromatic carbocycles. The van der Waals surface area contributed by atoms with Crippen LogP contribution in [0, 0.1) is 0 Å². The number of nitrogens with one attached hydrogen (secondary N) is 1. The third kappa shape index (κ3) is 6.22. The fourth-order valence-electron chi connectivity index (χ4n) is 3.67. The van der Waals surface area contributed by atoms with Gasteiger partial charge in [0.05, 0.1) is 19.0 Å². The lowest BCUT2D eigenvalue weighted by Crippen LogP contribution is -2.37. The van der Waals surface area contributed by atoms with Crippen LogP contribution in [0.1, 0.15) is 27.0 Å². The molecule has 0 spiro atoms. The number of aliphatic hydroxyl groups is 1. The van der Waals surface area contributed by atoms with Gasteiger partial charge in [0.1, 0.15) is 29.5 Å². The Hall–Kier alpha value is -2.87. The first-order chi connectivity index (χ1) is 18.0. The van der Waals surface area contributed by atoms with E-state index in [1.807, 2.05) is 0 Å². The molecular formula is C22H27ClFN6O7P. The number of hydrogen-bond donors (Lipinski definition) is 3. The number of imidazole rings is 1. The third-order valence-electron chi connectivity index (χ3n) is 5.42. The van der Waals surface area contributed by atoms with Crippen molar-refractivity contribution in [2.24, 2.45) is 0 Å². The van der Waals surface area contributed by atoms with E-state index in [2.05, 4.69) is 20.0 Å². The van der Waals surface area contributed by atoms with Crippen LogP contribution in [-0.2, 0) is 23.4 Å². The van der Waals surface area contributed by atoms with E-state index in [1.165, 1.54) is 30.0 Å². The van der Waals surface area contributed by atoms with Crippen LogP contribution < -0.4 is 15.3 Å². The summed E-state index contributed by atoms with van der Waals surface area (Å²) >= 11 is 5.88. The smallest absolute Gasteiger partial charge is 0.459 e. The van der Waals surface area contributed by atoms with Crippen LogP contribution in [0.25, 0.3) is 11.2 Å². The number of anilines is 1. The van der Waals surface area contributed by atoms with Crippen molar-refractivity contribution >= 4 is 42.3 Å².